The van der Waals surface area contributed by atoms with Crippen LogP contribution in [0.25, 0.3) is 0 Å². The van der Waals surface area contributed by atoms with E-state index in [1.807, 2.05) is 31.2 Å². The molecule has 1 atom stereocenters. The summed E-state index contributed by atoms with van der Waals surface area (Å²) in [6.07, 6.45) is -2.45. The average Bonchev–Trinajstić information content (AvgIpc) is 2.46. The number of benzene rings is 1. The molecule has 0 heterocycles. The van der Waals surface area contributed by atoms with Crippen molar-refractivity contribution in [2.45, 2.75) is 50.9 Å². The van der Waals surface area contributed by atoms with E-state index >= 15 is 0 Å². The maximum absolute atomic E-state index is 12.7. The molecule has 1 N–H and O–H groups in total. The lowest BCUT2D eigenvalue weighted by Crippen LogP contribution is -2.38. The van der Waals surface area contributed by atoms with Gasteiger partial charge in [0.15, 0.2) is 0 Å². The number of alkyl halides is 3. The van der Waals surface area contributed by atoms with Gasteiger partial charge in [-0.2, -0.15) is 13.2 Å². The maximum atomic E-state index is 12.7. The third-order valence-corrected chi connectivity index (χ3v) is 4.28. The van der Waals surface area contributed by atoms with E-state index in [0.29, 0.717) is 12.8 Å². The van der Waals surface area contributed by atoms with E-state index in [0.717, 1.165) is 11.3 Å². The van der Waals surface area contributed by atoms with Crippen molar-refractivity contribution in [2.75, 3.05) is 7.11 Å². The van der Waals surface area contributed by atoms with E-state index in [-0.39, 0.29) is 24.9 Å². The maximum Gasteiger partial charge on any atom is 0.391 e. The first-order valence-electron chi connectivity index (χ1n) is 7.37. The van der Waals surface area contributed by atoms with Crippen molar-refractivity contribution in [1.29, 1.82) is 0 Å². The Hall–Kier alpha value is -1.23. The molecule has 1 aliphatic rings. The molecular weight excluding hydrogens is 279 g/mol. The zero-order valence-electron chi connectivity index (χ0n) is 12.4. The zero-order chi connectivity index (χ0) is 15.5. The summed E-state index contributed by atoms with van der Waals surface area (Å²) in [7, 11) is 1.63. The predicted molar refractivity (Wildman–Crippen MR) is 76.3 cm³/mol. The van der Waals surface area contributed by atoms with Gasteiger partial charge in [-0.15, -0.1) is 0 Å². The van der Waals surface area contributed by atoms with E-state index in [1.165, 1.54) is 0 Å². The van der Waals surface area contributed by atoms with E-state index in [9.17, 15) is 13.2 Å². The van der Waals surface area contributed by atoms with Crippen LogP contribution in [0.1, 0.15) is 44.2 Å². The number of para-hydroxylation sites is 1. The van der Waals surface area contributed by atoms with Gasteiger partial charge in [-0.05, 0) is 38.7 Å². The second kappa shape index (κ2) is 6.69. The van der Waals surface area contributed by atoms with Gasteiger partial charge in [-0.3, -0.25) is 0 Å². The van der Waals surface area contributed by atoms with E-state index in [2.05, 4.69) is 5.32 Å². The SMILES string of the molecule is COc1ccccc1[C@@H](C)NC1CCC(C(F)(F)F)CC1. The molecule has 0 bridgehead atoms. The molecule has 1 aromatic rings. The summed E-state index contributed by atoms with van der Waals surface area (Å²) in [5, 5.41) is 3.43. The van der Waals surface area contributed by atoms with Gasteiger partial charge in [0, 0.05) is 17.6 Å². The molecule has 0 aliphatic heterocycles. The van der Waals surface area contributed by atoms with Crippen molar-refractivity contribution in [3.63, 3.8) is 0 Å². The molecule has 0 aromatic heterocycles. The largest absolute Gasteiger partial charge is 0.496 e. The van der Waals surface area contributed by atoms with E-state index < -0.39 is 12.1 Å². The second-order valence-electron chi connectivity index (χ2n) is 5.72. The topological polar surface area (TPSA) is 21.3 Å². The fraction of sp³-hybridized carbons (Fsp3) is 0.625. The first-order chi connectivity index (χ1) is 9.91. The minimum absolute atomic E-state index is 0.0635. The minimum Gasteiger partial charge on any atom is -0.496 e. The Morgan fingerprint density at radius 3 is 2.33 bits per heavy atom. The highest BCUT2D eigenvalue weighted by molar-refractivity contribution is 5.35. The molecule has 0 amide bonds. The Kier molecular flexibility index (Phi) is 5.14. The van der Waals surface area contributed by atoms with Crippen LogP contribution in [0.2, 0.25) is 0 Å². The molecule has 1 saturated carbocycles. The summed E-state index contributed by atoms with van der Waals surface area (Å²) in [6.45, 7) is 2.02. The molecule has 0 saturated heterocycles. The van der Waals surface area contributed by atoms with E-state index in [1.54, 1.807) is 7.11 Å². The summed E-state index contributed by atoms with van der Waals surface area (Å²) >= 11 is 0. The van der Waals surface area contributed by atoms with Gasteiger partial charge in [0.25, 0.3) is 0 Å². The molecule has 2 nitrogen and oxygen atoms in total. The van der Waals surface area contributed by atoms with Crippen LogP contribution in [0.5, 0.6) is 5.75 Å². The zero-order valence-corrected chi connectivity index (χ0v) is 12.4. The van der Waals surface area contributed by atoms with Crippen molar-refractivity contribution < 1.29 is 17.9 Å². The van der Waals surface area contributed by atoms with Gasteiger partial charge in [-0.1, -0.05) is 18.2 Å². The predicted octanol–water partition coefficient (Wildman–Crippen LogP) is 4.47. The number of hydrogen-bond donors (Lipinski definition) is 1. The highest BCUT2D eigenvalue weighted by atomic mass is 19.4. The van der Waals surface area contributed by atoms with E-state index in [4.69, 9.17) is 4.74 Å². The van der Waals surface area contributed by atoms with Crippen LogP contribution in [-0.2, 0) is 0 Å². The molecule has 21 heavy (non-hydrogen) atoms. The monoisotopic (exact) mass is 301 g/mol. The van der Waals surface area contributed by atoms with Crippen molar-refractivity contribution in [3.8, 4) is 5.75 Å². The molecule has 2 rings (SSSR count). The van der Waals surface area contributed by atoms with Crippen LogP contribution in [0.4, 0.5) is 13.2 Å². The molecule has 0 spiro atoms. The third-order valence-electron chi connectivity index (χ3n) is 4.28. The Morgan fingerprint density at radius 2 is 1.76 bits per heavy atom. The second-order valence-corrected chi connectivity index (χ2v) is 5.72. The van der Waals surface area contributed by atoms with Crippen LogP contribution in [-0.4, -0.2) is 19.3 Å². The summed E-state index contributed by atoms with van der Waals surface area (Å²) in [5.74, 6) is -0.321. The van der Waals surface area contributed by atoms with Crippen LogP contribution in [0, 0.1) is 5.92 Å². The van der Waals surface area contributed by atoms with Gasteiger partial charge >= 0.3 is 6.18 Å². The first-order valence-corrected chi connectivity index (χ1v) is 7.37. The summed E-state index contributed by atoms with van der Waals surface area (Å²) < 4.78 is 43.3. The fourth-order valence-corrected chi connectivity index (χ4v) is 3.05. The molecule has 0 radical (unpaired) electrons. The Balaban J connectivity index is 1.91. The number of halogens is 3. The molecule has 5 heteroatoms. The number of ether oxygens (including phenoxy) is 1. The quantitative estimate of drug-likeness (QED) is 0.886. The summed E-state index contributed by atoms with van der Waals surface area (Å²) in [5.41, 5.74) is 1.04. The number of rotatable bonds is 4. The molecule has 118 valence electrons. The van der Waals surface area contributed by atoms with Crippen molar-refractivity contribution in [3.05, 3.63) is 29.8 Å². The van der Waals surface area contributed by atoms with Crippen molar-refractivity contribution in [2.24, 2.45) is 5.92 Å². The lowest BCUT2D eigenvalue weighted by molar-refractivity contribution is -0.182. The molecule has 1 aliphatic carbocycles. The van der Waals surface area contributed by atoms with Gasteiger partial charge in [0.2, 0.25) is 0 Å². The Morgan fingerprint density at radius 1 is 1.14 bits per heavy atom. The smallest absolute Gasteiger partial charge is 0.391 e. The lowest BCUT2D eigenvalue weighted by atomic mass is 9.85. The van der Waals surface area contributed by atoms with Crippen LogP contribution >= 0.6 is 0 Å². The van der Waals surface area contributed by atoms with Crippen LogP contribution < -0.4 is 10.1 Å². The standard InChI is InChI=1S/C16H22F3NO/c1-11(14-5-3-4-6-15(14)21-2)20-13-9-7-12(8-10-13)16(17,18)19/h3-6,11-13,20H,7-10H2,1-2H3/t11-,12?,13?/m1/s1. The number of hydrogen-bond acceptors (Lipinski definition) is 2. The fourth-order valence-electron chi connectivity index (χ4n) is 3.05. The van der Waals surface area contributed by atoms with Crippen LogP contribution in [0.15, 0.2) is 24.3 Å². The Labute approximate surface area is 123 Å². The Bertz CT molecular complexity index is 453. The average molecular weight is 301 g/mol. The van der Waals surface area contributed by atoms with Gasteiger partial charge in [0.05, 0.1) is 13.0 Å². The van der Waals surface area contributed by atoms with Gasteiger partial charge in [-0.25, -0.2) is 0 Å². The summed E-state index contributed by atoms with van der Waals surface area (Å²) in [6, 6.07) is 7.93. The molecular formula is C16H22F3NO. The van der Waals surface area contributed by atoms with Crippen molar-refractivity contribution >= 4 is 0 Å². The number of methoxy groups -OCH3 is 1. The molecule has 0 unspecified atom stereocenters. The summed E-state index contributed by atoms with van der Waals surface area (Å²) in [4.78, 5) is 0. The third kappa shape index (κ3) is 4.13. The number of nitrogens with one attached hydrogen (secondary N) is 1. The highest BCUT2D eigenvalue weighted by Gasteiger charge is 2.41. The minimum atomic E-state index is -4.04. The van der Waals surface area contributed by atoms with Gasteiger partial charge in [0.1, 0.15) is 5.75 Å². The first kappa shape index (κ1) is 16.1. The van der Waals surface area contributed by atoms with Gasteiger partial charge < -0.3 is 10.1 Å². The normalized spacial score (nSPS) is 24.6. The molecule has 1 aromatic carbocycles. The highest BCUT2D eigenvalue weighted by Crippen LogP contribution is 2.38. The van der Waals surface area contributed by atoms with Crippen molar-refractivity contribution in [1.82, 2.24) is 5.32 Å². The lowest BCUT2D eigenvalue weighted by Gasteiger charge is -2.32. The van der Waals surface area contributed by atoms with Crippen LogP contribution in [0.3, 0.4) is 0 Å². The molecule has 1 fully saturated rings.